The second kappa shape index (κ2) is 2.49. The Bertz CT molecular complexity index is 45.6. The lowest BCUT2D eigenvalue weighted by Gasteiger charge is -1.66. The molecule has 0 saturated carbocycles. The molecule has 0 aromatic heterocycles. The Morgan fingerprint density at radius 1 is 1.80 bits per heavy atom. The fraction of sp³-hybridized carbons (Fsp3) is 0.500. The van der Waals surface area contributed by atoms with Gasteiger partial charge in [0, 0.05) is 11.8 Å². The summed E-state index contributed by atoms with van der Waals surface area (Å²) in [7, 11) is 0. The maximum absolute atomic E-state index is 5.08. The molecule has 0 heterocycles. The number of rotatable bonds is 0. The molecule has 1 nitrogen and oxygen atoms in total. The van der Waals surface area contributed by atoms with Crippen LogP contribution in [0.15, 0.2) is 4.51 Å². The highest BCUT2D eigenvalue weighted by molar-refractivity contribution is 6.66. The van der Waals surface area contributed by atoms with Crippen LogP contribution >= 0.6 is 23.4 Å². The predicted molar refractivity (Wildman–Crippen MR) is 24.8 cm³/mol. The second-order valence-corrected chi connectivity index (χ2v) is 1.30. The molecule has 5 heavy (non-hydrogen) atoms. The summed E-state index contributed by atoms with van der Waals surface area (Å²) in [6, 6.07) is 0. The van der Waals surface area contributed by atoms with Crippen LogP contribution in [0.2, 0.25) is 0 Å². The van der Waals surface area contributed by atoms with Gasteiger partial charge in [0.05, 0.1) is 0 Å². The van der Waals surface area contributed by atoms with Crippen LogP contribution in [0.1, 0.15) is 6.92 Å². The Balaban J connectivity index is 3.14. The molecule has 0 aromatic carbocycles. The summed E-state index contributed by atoms with van der Waals surface area (Å²) >= 11 is 9.87. The SMILES string of the molecule is C/C(Cl)=N/Cl. The van der Waals surface area contributed by atoms with Crippen molar-refractivity contribution in [1.82, 2.24) is 0 Å². The van der Waals surface area contributed by atoms with Crippen LogP contribution in [0.5, 0.6) is 0 Å². The van der Waals surface area contributed by atoms with E-state index >= 15 is 0 Å². The van der Waals surface area contributed by atoms with Gasteiger partial charge in [-0.3, -0.25) is 0 Å². The summed E-state index contributed by atoms with van der Waals surface area (Å²) in [6.07, 6.45) is 0. The minimum absolute atomic E-state index is 0.367. The van der Waals surface area contributed by atoms with Crippen LogP contribution in [-0.2, 0) is 0 Å². The van der Waals surface area contributed by atoms with Crippen LogP contribution < -0.4 is 0 Å². The molecule has 0 spiro atoms. The Kier molecular flexibility index (Phi) is 2.61. The van der Waals surface area contributed by atoms with Crippen molar-refractivity contribution in [3.8, 4) is 0 Å². The molecule has 0 fully saturated rings. The van der Waals surface area contributed by atoms with Crippen LogP contribution in [0.3, 0.4) is 0 Å². The zero-order valence-corrected chi connectivity index (χ0v) is 4.22. The van der Waals surface area contributed by atoms with Gasteiger partial charge in [-0.2, -0.15) is 4.51 Å². The first-order valence-corrected chi connectivity index (χ1v) is 1.80. The monoisotopic (exact) mass is 111 g/mol. The number of hydrogen-bond donors (Lipinski definition) is 0. The van der Waals surface area contributed by atoms with Crippen molar-refractivity contribution in [1.29, 1.82) is 0 Å². The van der Waals surface area contributed by atoms with Gasteiger partial charge in [-0.1, -0.05) is 11.6 Å². The lowest BCUT2D eigenvalue weighted by molar-refractivity contribution is 1.83. The van der Waals surface area contributed by atoms with E-state index in [0.29, 0.717) is 5.17 Å². The van der Waals surface area contributed by atoms with Crippen LogP contribution in [0, 0.1) is 0 Å². The molecule has 0 saturated heterocycles. The van der Waals surface area contributed by atoms with Gasteiger partial charge in [-0.05, 0) is 6.92 Å². The Morgan fingerprint density at radius 2 is 2.00 bits per heavy atom. The molecule has 30 valence electrons. The first-order chi connectivity index (χ1) is 2.27. The second-order valence-electron chi connectivity index (χ2n) is 0.582. The maximum Gasteiger partial charge on any atom is 0.117 e. The first kappa shape index (κ1) is 5.25. The molecule has 0 aliphatic carbocycles. The van der Waals surface area contributed by atoms with Crippen molar-refractivity contribution in [3.63, 3.8) is 0 Å². The van der Waals surface area contributed by atoms with Crippen LogP contribution in [0.4, 0.5) is 0 Å². The summed E-state index contributed by atoms with van der Waals surface area (Å²) in [4.78, 5) is 0. The van der Waals surface area contributed by atoms with Gasteiger partial charge in [-0.15, -0.1) is 0 Å². The molecule has 0 aliphatic heterocycles. The standard InChI is InChI=1S/C2H3Cl2N/c1-2(3)5-4/h1H3/b5-2-. The van der Waals surface area contributed by atoms with Gasteiger partial charge in [-0.25, -0.2) is 0 Å². The van der Waals surface area contributed by atoms with Crippen LogP contribution in [0.25, 0.3) is 0 Å². The fourth-order valence-electron chi connectivity index (χ4n) is 0. The van der Waals surface area contributed by atoms with E-state index in [-0.39, 0.29) is 0 Å². The lowest BCUT2D eigenvalue weighted by atomic mass is 10.9. The molecule has 0 bridgehead atoms. The molecule has 0 amide bonds. The van der Waals surface area contributed by atoms with Gasteiger partial charge in [0.2, 0.25) is 0 Å². The molecule has 0 N–H and O–H groups in total. The molecule has 0 radical (unpaired) electrons. The maximum atomic E-state index is 5.08. The van der Waals surface area contributed by atoms with E-state index < -0.39 is 0 Å². The highest BCUT2D eigenvalue weighted by Gasteiger charge is 1.68. The lowest BCUT2D eigenvalue weighted by Crippen LogP contribution is -1.63. The average Bonchev–Trinajstić information content (AvgIpc) is 1.38. The summed E-state index contributed by atoms with van der Waals surface area (Å²) in [6.45, 7) is 1.61. The van der Waals surface area contributed by atoms with Gasteiger partial charge in [0.1, 0.15) is 5.17 Å². The molecule has 0 unspecified atom stereocenters. The molecular formula is C2H3Cl2N. The van der Waals surface area contributed by atoms with E-state index in [1.165, 1.54) is 0 Å². The third kappa shape index (κ3) is 4.25. The Labute approximate surface area is 40.7 Å². The fourth-order valence-corrected chi connectivity index (χ4v) is 0. The largest absolute Gasteiger partial charge is 0.170 e. The molecule has 0 rings (SSSR count). The quantitative estimate of drug-likeness (QED) is 0.423. The Morgan fingerprint density at radius 3 is 2.00 bits per heavy atom. The highest BCUT2D eigenvalue weighted by atomic mass is 35.5. The molecular weight excluding hydrogens is 109 g/mol. The van der Waals surface area contributed by atoms with Gasteiger partial charge in [0.25, 0.3) is 0 Å². The van der Waals surface area contributed by atoms with Crippen molar-refractivity contribution in [3.05, 3.63) is 0 Å². The summed E-state index contributed by atoms with van der Waals surface area (Å²) < 4.78 is 3.04. The minimum Gasteiger partial charge on any atom is -0.170 e. The minimum atomic E-state index is 0.367. The first-order valence-electron chi connectivity index (χ1n) is 1.08. The van der Waals surface area contributed by atoms with E-state index in [1.54, 1.807) is 6.92 Å². The molecule has 0 aliphatic rings. The zero-order valence-electron chi connectivity index (χ0n) is 2.70. The van der Waals surface area contributed by atoms with E-state index in [4.69, 9.17) is 23.4 Å². The molecule has 3 heteroatoms. The average molecular weight is 112 g/mol. The van der Waals surface area contributed by atoms with Crippen molar-refractivity contribution in [2.75, 3.05) is 0 Å². The molecule has 0 aromatic rings. The molecule has 0 atom stereocenters. The van der Waals surface area contributed by atoms with Gasteiger partial charge >= 0.3 is 0 Å². The topological polar surface area (TPSA) is 12.4 Å². The number of halogens is 2. The van der Waals surface area contributed by atoms with E-state index in [1.807, 2.05) is 0 Å². The number of hydrogen-bond acceptors (Lipinski definition) is 1. The normalized spacial score (nSPS) is 12.2. The number of nitrogens with zero attached hydrogens (tertiary/aromatic N) is 1. The van der Waals surface area contributed by atoms with Gasteiger partial charge in [0.15, 0.2) is 0 Å². The van der Waals surface area contributed by atoms with Gasteiger partial charge < -0.3 is 0 Å². The summed E-state index contributed by atoms with van der Waals surface area (Å²) in [5.41, 5.74) is 0. The van der Waals surface area contributed by atoms with Crippen LogP contribution in [-0.4, -0.2) is 5.17 Å². The van der Waals surface area contributed by atoms with Crippen molar-refractivity contribution in [2.45, 2.75) is 6.92 Å². The van der Waals surface area contributed by atoms with E-state index in [0.717, 1.165) is 0 Å². The summed E-state index contributed by atoms with van der Waals surface area (Å²) in [5.74, 6) is 0. The van der Waals surface area contributed by atoms with Crippen molar-refractivity contribution < 1.29 is 0 Å². The van der Waals surface area contributed by atoms with E-state index in [9.17, 15) is 0 Å². The zero-order chi connectivity index (χ0) is 4.28. The Hall–Kier alpha value is 0.250. The smallest absolute Gasteiger partial charge is 0.117 e. The van der Waals surface area contributed by atoms with E-state index in [2.05, 4.69) is 4.51 Å². The summed E-state index contributed by atoms with van der Waals surface area (Å²) in [5, 5.41) is 0.367. The third-order valence-electron chi connectivity index (χ3n) is 0.116. The van der Waals surface area contributed by atoms with Crippen molar-refractivity contribution in [2.24, 2.45) is 4.51 Å². The third-order valence-corrected chi connectivity index (χ3v) is 0.541. The van der Waals surface area contributed by atoms with Crippen molar-refractivity contribution >= 4 is 28.5 Å². The highest BCUT2D eigenvalue weighted by Crippen LogP contribution is 1.84. The predicted octanol–water partition coefficient (Wildman–Crippen LogP) is 1.80.